The van der Waals surface area contributed by atoms with Gasteiger partial charge in [-0.15, -0.1) is 0 Å². The molecule has 3 aromatic carbocycles. The largest absolute Gasteiger partial charge is 0.493 e. The van der Waals surface area contributed by atoms with Gasteiger partial charge >= 0.3 is 0 Å². The Labute approximate surface area is 205 Å². The number of hydrogen-bond donors (Lipinski definition) is 2. The number of ether oxygens (including phenoxy) is 1. The molecule has 0 bridgehead atoms. The van der Waals surface area contributed by atoms with Crippen molar-refractivity contribution in [2.75, 3.05) is 23.3 Å². The van der Waals surface area contributed by atoms with Gasteiger partial charge in [0.25, 0.3) is 15.9 Å². The second kappa shape index (κ2) is 11.6. The molecule has 0 aliphatic heterocycles. The molecule has 0 spiro atoms. The van der Waals surface area contributed by atoms with Gasteiger partial charge in [-0.25, -0.2) is 8.42 Å². The fourth-order valence-electron chi connectivity index (χ4n) is 3.08. The summed E-state index contributed by atoms with van der Waals surface area (Å²) in [6.07, 6.45) is 1.88. The maximum Gasteiger partial charge on any atom is 0.264 e. The smallest absolute Gasteiger partial charge is 0.264 e. The number of hydrogen-bond acceptors (Lipinski definition) is 5. The number of para-hydroxylation sites is 2. The zero-order valence-corrected chi connectivity index (χ0v) is 20.7. The Kier molecular flexibility index (Phi) is 8.61. The first kappa shape index (κ1) is 25.2. The van der Waals surface area contributed by atoms with Crippen molar-refractivity contribution in [3.05, 3.63) is 84.4 Å². The quantitative estimate of drug-likeness (QED) is 0.326. The molecule has 0 unspecified atom stereocenters. The first-order valence-electron chi connectivity index (χ1n) is 10.8. The SMILES string of the molecule is CCCCOc1ccccc1C(=O)NC(=S)Nc1ccc(S(=O)(=O)N(C)c2ccccc2)cc1. The van der Waals surface area contributed by atoms with Crippen molar-refractivity contribution < 1.29 is 17.9 Å². The summed E-state index contributed by atoms with van der Waals surface area (Å²) in [4.78, 5) is 12.8. The van der Waals surface area contributed by atoms with Gasteiger partial charge in [-0.05, 0) is 67.2 Å². The molecule has 0 aliphatic rings. The van der Waals surface area contributed by atoms with Gasteiger partial charge in [-0.3, -0.25) is 14.4 Å². The predicted octanol–water partition coefficient (Wildman–Crippen LogP) is 4.82. The lowest BCUT2D eigenvalue weighted by molar-refractivity contribution is 0.0973. The average Bonchev–Trinajstić information content (AvgIpc) is 2.84. The predicted molar refractivity (Wildman–Crippen MR) is 139 cm³/mol. The summed E-state index contributed by atoms with van der Waals surface area (Å²) in [5.41, 5.74) is 1.49. The van der Waals surface area contributed by atoms with E-state index in [0.717, 1.165) is 12.8 Å². The van der Waals surface area contributed by atoms with Crippen LogP contribution in [0.25, 0.3) is 0 Å². The molecule has 0 saturated carbocycles. The van der Waals surface area contributed by atoms with E-state index in [1.807, 2.05) is 6.07 Å². The van der Waals surface area contributed by atoms with Crippen molar-refractivity contribution >= 4 is 44.6 Å². The number of benzene rings is 3. The lowest BCUT2D eigenvalue weighted by atomic mass is 10.2. The van der Waals surface area contributed by atoms with Gasteiger partial charge in [0.05, 0.1) is 22.8 Å². The number of unbranched alkanes of at least 4 members (excludes halogenated alkanes) is 1. The second-order valence-electron chi connectivity index (χ2n) is 7.44. The summed E-state index contributed by atoms with van der Waals surface area (Å²) in [6, 6.07) is 21.9. The molecule has 3 aromatic rings. The Balaban J connectivity index is 1.64. The van der Waals surface area contributed by atoms with E-state index < -0.39 is 15.9 Å². The molecule has 0 aromatic heterocycles. The number of carbonyl (C=O) groups is 1. The Morgan fingerprint density at radius 1 is 0.971 bits per heavy atom. The van der Waals surface area contributed by atoms with Crippen molar-refractivity contribution in [2.24, 2.45) is 0 Å². The number of rotatable bonds is 9. The molecule has 7 nitrogen and oxygen atoms in total. The fourth-order valence-corrected chi connectivity index (χ4v) is 4.49. The van der Waals surface area contributed by atoms with Crippen molar-refractivity contribution in [1.29, 1.82) is 0 Å². The lowest BCUT2D eigenvalue weighted by Crippen LogP contribution is -2.34. The van der Waals surface area contributed by atoms with Crippen LogP contribution in [0.5, 0.6) is 5.75 Å². The van der Waals surface area contributed by atoms with Gasteiger partial charge in [0.1, 0.15) is 5.75 Å². The summed E-state index contributed by atoms with van der Waals surface area (Å²) in [7, 11) is -2.21. The third-order valence-electron chi connectivity index (χ3n) is 5.00. The Morgan fingerprint density at radius 2 is 1.62 bits per heavy atom. The molecule has 9 heteroatoms. The van der Waals surface area contributed by atoms with Crippen LogP contribution in [-0.4, -0.2) is 33.1 Å². The van der Waals surface area contributed by atoms with Crippen LogP contribution in [0, 0.1) is 0 Å². The highest BCUT2D eigenvalue weighted by molar-refractivity contribution is 7.92. The van der Waals surface area contributed by atoms with Crippen molar-refractivity contribution in [1.82, 2.24) is 5.32 Å². The summed E-state index contributed by atoms with van der Waals surface area (Å²) in [5, 5.41) is 5.63. The molecule has 1 amide bonds. The molecule has 0 saturated heterocycles. The van der Waals surface area contributed by atoms with Crippen LogP contribution >= 0.6 is 12.2 Å². The Morgan fingerprint density at radius 3 is 2.29 bits per heavy atom. The van der Waals surface area contributed by atoms with Crippen LogP contribution in [0.3, 0.4) is 0 Å². The molecule has 0 atom stereocenters. The Bertz CT molecular complexity index is 1230. The van der Waals surface area contributed by atoms with E-state index in [4.69, 9.17) is 17.0 Å². The summed E-state index contributed by atoms with van der Waals surface area (Å²) < 4.78 is 32.7. The fraction of sp³-hybridized carbons (Fsp3) is 0.200. The lowest BCUT2D eigenvalue weighted by Gasteiger charge is -2.19. The number of anilines is 2. The summed E-state index contributed by atoms with van der Waals surface area (Å²) in [6.45, 7) is 2.59. The van der Waals surface area contributed by atoms with Crippen molar-refractivity contribution in [3.63, 3.8) is 0 Å². The summed E-state index contributed by atoms with van der Waals surface area (Å²) >= 11 is 5.26. The van der Waals surface area contributed by atoms with Gasteiger partial charge in [0, 0.05) is 12.7 Å². The normalized spacial score (nSPS) is 10.9. The number of thiocarbonyl (C=S) groups is 1. The van der Waals surface area contributed by atoms with Gasteiger partial charge in [0.2, 0.25) is 0 Å². The number of nitrogens with one attached hydrogen (secondary N) is 2. The molecule has 0 radical (unpaired) electrons. The zero-order chi connectivity index (χ0) is 24.6. The molecule has 0 aliphatic carbocycles. The molecular weight excluding hydrogens is 470 g/mol. The molecule has 0 fully saturated rings. The Hall–Kier alpha value is -3.43. The molecule has 0 heterocycles. The first-order chi connectivity index (χ1) is 16.3. The monoisotopic (exact) mass is 497 g/mol. The van der Waals surface area contributed by atoms with Crippen LogP contribution in [0.2, 0.25) is 0 Å². The minimum Gasteiger partial charge on any atom is -0.493 e. The van der Waals surface area contributed by atoms with Crippen molar-refractivity contribution in [2.45, 2.75) is 24.7 Å². The third-order valence-corrected chi connectivity index (χ3v) is 7.01. The van der Waals surface area contributed by atoms with E-state index in [1.165, 1.54) is 23.5 Å². The minimum atomic E-state index is -3.72. The van der Waals surface area contributed by atoms with Crippen LogP contribution in [0.15, 0.2) is 83.8 Å². The van der Waals surface area contributed by atoms with Crippen LogP contribution in [0.1, 0.15) is 30.1 Å². The van der Waals surface area contributed by atoms with Crippen LogP contribution in [0.4, 0.5) is 11.4 Å². The number of nitrogens with zero attached hydrogens (tertiary/aromatic N) is 1. The maximum atomic E-state index is 12.9. The molecule has 3 rings (SSSR count). The standard InChI is InChI=1S/C25H27N3O4S2/c1-3-4-18-32-23-13-9-8-12-22(23)24(29)27-25(33)26-19-14-16-21(17-15-19)34(30,31)28(2)20-10-6-5-7-11-20/h5-17H,3-4,18H2,1-2H3,(H2,26,27,29,33). The van der Waals surface area contributed by atoms with Crippen molar-refractivity contribution in [3.8, 4) is 5.75 Å². The van der Waals surface area contributed by atoms with Gasteiger partial charge in [-0.1, -0.05) is 43.7 Å². The highest BCUT2D eigenvalue weighted by atomic mass is 32.2. The van der Waals surface area contributed by atoms with Gasteiger partial charge in [-0.2, -0.15) is 0 Å². The number of sulfonamides is 1. The second-order valence-corrected chi connectivity index (χ2v) is 9.82. The van der Waals surface area contributed by atoms with E-state index in [-0.39, 0.29) is 10.0 Å². The highest BCUT2D eigenvalue weighted by Gasteiger charge is 2.21. The van der Waals surface area contributed by atoms with Crippen LogP contribution in [-0.2, 0) is 10.0 Å². The van der Waals surface area contributed by atoms with E-state index in [2.05, 4.69) is 17.6 Å². The highest BCUT2D eigenvalue weighted by Crippen LogP contribution is 2.23. The average molecular weight is 498 g/mol. The van der Waals surface area contributed by atoms with Gasteiger partial charge < -0.3 is 10.1 Å². The molecule has 34 heavy (non-hydrogen) atoms. The first-order valence-corrected chi connectivity index (χ1v) is 12.7. The van der Waals surface area contributed by atoms with E-state index in [0.29, 0.717) is 29.3 Å². The molecule has 2 N–H and O–H groups in total. The number of amides is 1. The van der Waals surface area contributed by atoms with E-state index in [9.17, 15) is 13.2 Å². The maximum absolute atomic E-state index is 12.9. The third kappa shape index (κ3) is 6.33. The number of carbonyl (C=O) groups excluding carboxylic acids is 1. The summed E-state index contributed by atoms with van der Waals surface area (Å²) in [5.74, 6) is 0.0987. The van der Waals surface area contributed by atoms with Crippen LogP contribution < -0.4 is 19.7 Å². The minimum absolute atomic E-state index is 0.0883. The van der Waals surface area contributed by atoms with E-state index >= 15 is 0 Å². The topological polar surface area (TPSA) is 87.7 Å². The molecule has 178 valence electrons. The zero-order valence-electron chi connectivity index (χ0n) is 19.0. The van der Waals surface area contributed by atoms with Gasteiger partial charge in [0.15, 0.2) is 5.11 Å². The van der Waals surface area contributed by atoms with E-state index in [1.54, 1.807) is 60.7 Å². The molecular formula is C25H27N3O4S2.